The van der Waals surface area contributed by atoms with Gasteiger partial charge in [-0.1, -0.05) is 24.3 Å². The van der Waals surface area contributed by atoms with Gasteiger partial charge in [-0.3, -0.25) is 4.79 Å². The monoisotopic (exact) mass is 446 g/mol. The van der Waals surface area contributed by atoms with E-state index in [0.29, 0.717) is 28.6 Å². The van der Waals surface area contributed by atoms with Crippen molar-refractivity contribution < 1.29 is 19.0 Å². The van der Waals surface area contributed by atoms with Crippen LogP contribution in [-0.4, -0.2) is 25.1 Å². The minimum Gasteiger partial charge on any atom is -0.493 e. The van der Waals surface area contributed by atoms with E-state index in [0.717, 1.165) is 16.3 Å². The Balaban J connectivity index is 1.40. The van der Waals surface area contributed by atoms with E-state index in [-0.39, 0.29) is 12.3 Å². The van der Waals surface area contributed by atoms with Crippen LogP contribution >= 0.6 is 11.3 Å². The van der Waals surface area contributed by atoms with Gasteiger partial charge in [-0.2, -0.15) is 0 Å². The highest BCUT2D eigenvalue weighted by Gasteiger charge is 2.12. The van der Waals surface area contributed by atoms with Gasteiger partial charge in [-0.05, 0) is 42.5 Å². The third kappa shape index (κ3) is 5.25. The summed E-state index contributed by atoms with van der Waals surface area (Å²) in [5, 5.41) is 5.61. The number of nitrogens with one attached hydrogen (secondary N) is 1. The van der Waals surface area contributed by atoms with Crippen molar-refractivity contribution in [2.24, 2.45) is 0 Å². The molecule has 7 heteroatoms. The first-order chi connectivity index (χ1) is 15.6. The summed E-state index contributed by atoms with van der Waals surface area (Å²) in [5.74, 6) is 2.54. The number of anilines is 1. The number of nitrogens with zero attached hydrogens (tertiary/aromatic N) is 1. The molecule has 4 rings (SSSR count). The lowest BCUT2D eigenvalue weighted by molar-refractivity contribution is -0.115. The molecule has 3 aromatic carbocycles. The third-order valence-electron chi connectivity index (χ3n) is 4.62. The topological polar surface area (TPSA) is 69.7 Å². The zero-order valence-electron chi connectivity index (χ0n) is 17.7. The second-order valence-corrected chi connectivity index (χ2v) is 7.74. The molecule has 32 heavy (non-hydrogen) atoms. The van der Waals surface area contributed by atoms with Crippen LogP contribution in [-0.2, 0) is 11.2 Å². The van der Waals surface area contributed by atoms with Crippen LogP contribution in [0.4, 0.5) is 5.69 Å². The fourth-order valence-electron chi connectivity index (χ4n) is 3.12. The average molecular weight is 447 g/mol. The Hall–Kier alpha value is -3.84. The Morgan fingerprint density at radius 1 is 0.906 bits per heavy atom. The van der Waals surface area contributed by atoms with Crippen LogP contribution in [0.3, 0.4) is 0 Å². The van der Waals surface area contributed by atoms with Gasteiger partial charge in [0.05, 0.1) is 26.3 Å². The van der Waals surface area contributed by atoms with Gasteiger partial charge in [0.1, 0.15) is 16.5 Å². The average Bonchev–Trinajstić information content (AvgIpc) is 3.27. The van der Waals surface area contributed by atoms with Gasteiger partial charge >= 0.3 is 0 Å². The quantitative estimate of drug-likeness (QED) is 0.370. The second-order valence-electron chi connectivity index (χ2n) is 6.88. The fourth-order valence-corrected chi connectivity index (χ4v) is 3.94. The lowest BCUT2D eigenvalue weighted by Crippen LogP contribution is -2.14. The molecule has 0 spiro atoms. The maximum Gasteiger partial charge on any atom is 0.230 e. The van der Waals surface area contributed by atoms with Crippen LogP contribution < -0.4 is 19.5 Å². The molecule has 6 nitrogen and oxygen atoms in total. The predicted molar refractivity (Wildman–Crippen MR) is 126 cm³/mol. The molecule has 1 aromatic heterocycles. The number of benzene rings is 3. The molecular formula is C25H22N2O4S. The van der Waals surface area contributed by atoms with Crippen molar-refractivity contribution in [2.75, 3.05) is 19.5 Å². The second kappa shape index (κ2) is 9.98. The maximum atomic E-state index is 12.6. The highest BCUT2D eigenvalue weighted by atomic mass is 32.1. The summed E-state index contributed by atoms with van der Waals surface area (Å²) >= 11 is 1.48. The molecule has 0 fully saturated rings. The SMILES string of the molecule is COc1ccc(-c2nc(CC(=O)Nc3cccc(Oc4ccccc4)c3)cs2)cc1OC. The Morgan fingerprint density at radius 2 is 1.69 bits per heavy atom. The number of carbonyl (C=O) groups is 1. The summed E-state index contributed by atoms with van der Waals surface area (Å²) in [7, 11) is 3.19. The molecule has 4 aromatic rings. The number of hydrogen-bond donors (Lipinski definition) is 1. The van der Waals surface area contributed by atoms with Crippen molar-refractivity contribution in [3.05, 3.63) is 83.9 Å². The van der Waals surface area contributed by atoms with E-state index >= 15 is 0 Å². The van der Waals surface area contributed by atoms with Crippen LogP contribution in [0.15, 0.2) is 78.2 Å². The summed E-state index contributed by atoms with van der Waals surface area (Å²) in [6, 6.07) is 22.4. The van der Waals surface area contributed by atoms with E-state index in [1.54, 1.807) is 20.3 Å². The van der Waals surface area contributed by atoms with E-state index in [9.17, 15) is 4.79 Å². The predicted octanol–water partition coefficient (Wildman–Crippen LogP) is 5.80. The molecule has 0 saturated carbocycles. The van der Waals surface area contributed by atoms with Crippen molar-refractivity contribution in [3.63, 3.8) is 0 Å². The van der Waals surface area contributed by atoms with Crippen LogP contribution in [0, 0.1) is 0 Å². The van der Waals surface area contributed by atoms with E-state index in [1.807, 2.05) is 72.1 Å². The van der Waals surface area contributed by atoms with E-state index < -0.39 is 0 Å². The minimum absolute atomic E-state index is 0.147. The molecule has 0 unspecified atom stereocenters. The molecule has 0 atom stereocenters. The summed E-state index contributed by atoms with van der Waals surface area (Å²) < 4.78 is 16.5. The van der Waals surface area contributed by atoms with E-state index in [2.05, 4.69) is 10.3 Å². The van der Waals surface area contributed by atoms with Gasteiger partial charge in [0.15, 0.2) is 11.5 Å². The summed E-state index contributed by atoms with van der Waals surface area (Å²) in [6.45, 7) is 0. The smallest absolute Gasteiger partial charge is 0.230 e. The van der Waals surface area contributed by atoms with Crippen LogP contribution in [0.25, 0.3) is 10.6 Å². The summed E-state index contributed by atoms with van der Waals surface area (Å²) in [6.07, 6.45) is 0.174. The maximum absolute atomic E-state index is 12.6. The lowest BCUT2D eigenvalue weighted by atomic mass is 10.2. The van der Waals surface area contributed by atoms with Crippen molar-refractivity contribution in [2.45, 2.75) is 6.42 Å². The Labute approximate surface area is 190 Å². The van der Waals surface area contributed by atoms with E-state index in [4.69, 9.17) is 14.2 Å². The first-order valence-electron chi connectivity index (χ1n) is 9.94. The normalized spacial score (nSPS) is 10.4. The number of hydrogen-bond acceptors (Lipinski definition) is 6. The van der Waals surface area contributed by atoms with Gasteiger partial charge in [0.2, 0.25) is 5.91 Å². The first-order valence-corrected chi connectivity index (χ1v) is 10.8. The number of carbonyl (C=O) groups excluding carboxylic acids is 1. The number of ether oxygens (including phenoxy) is 3. The number of para-hydroxylation sites is 1. The zero-order valence-corrected chi connectivity index (χ0v) is 18.5. The van der Waals surface area contributed by atoms with Gasteiger partial charge in [-0.15, -0.1) is 11.3 Å². The van der Waals surface area contributed by atoms with Gasteiger partial charge < -0.3 is 19.5 Å². The van der Waals surface area contributed by atoms with Gasteiger partial charge in [-0.25, -0.2) is 4.98 Å². The minimum atomic E-state index is -0.147. The largest absolute Gasteiger partial charge is 0.493 e. The fraction of sp³-hybridized carbons (Fsp3) is 0.120. The molecule has 0 bridgehead atoms. The number of methoxy groups -OCH3 is 2. The molecule has 1 N–H and O–H groups in total. The molecule has 0 aliphatic rings. The molecule has 0 radical (unpaired) electrons. The molecular weight excluding hydrogens is 424 g/mol. The Morgan fingerprint density at radius 3 is 2.47 bits per heavy atom. The van der Waals surface area contributed by atoms with E-state index in [1.165, 1.54) is 11.3 Å². The number of thiazole rings is 1. The number of rotatable bonds is 8. The summed E-state index contributed by atoms with van der Waals surface area (Å²) in [5.41, 5.74) is 2.28. The number of amides is 1. The molecule has 0 aliphatic heterocycles. The Kier molecular flexibility index (Phi) is 6.67. The molecule has 162 valence electrons. The highest BCUT2D eigenvalue weighted by molar-refractivity contribution is 7.13. The van der Waals surface area contributed by atoms with Gasteiger partial charge in [0, 0.05) is 22.7 Å². The molecule has 1 amide bonds. The number of aromatic nitrogens is 1. The van der Waals surface area contributed by atoms with Crippen molar-refractivity contribution >= 4 is 22.9 Å². The van der Waals surface area contributed by atoms with Crippen molar-refractivity contribution in [1.29, 1.82) is 0 Å². The molecule has 0 saturated heterocycles. The van der Waals surface area contributed by atoms with Crippen molar-refractivity contribution in [3.8, 4) is 33.6 Å². The Bertz CT molecular complexity index is 1210. The first kappa shape index (κ1) is 21.4. The van der Waals surface area contributed by atoms with Gasteiger partial charge in [0.25, 0.3) is 0 Å². The molecule has 1 heterocycles. The van der Waals surface area contributed by atoms with Crippen LogP contribution in [0.1, 0.15) is 5.69 Å². The van der Waals surface area contributed by atoms with Crippen LogP contribution in [0.5, 0.6) is 23.0 Å². The third-order valence-corrected chi connectivity index (χ3v) is 5.56. The lowest BCUT2D eigenvalue weighted by Gasteiger charge is -2.09. The molecule has 0 aliphatic carbocycles. The zero-order chi connectivity index (χ0) is 22.3. The van der Waals surface area contributed by atoms with Crippen molar-refractivity contribution in [1.82, 2.24) is 4.98 Å². The van der Waals surface area contributed by atoms with Crippen LogP contribution in [0.2, 0.25) is 0 Å². The summed E-state index contributed by atoms with van der Waals surface area (Å²) in [4.78, 5) is 17.2. The standard InChI is InChI=1S/C25H22N2O4S/c1-29-22-12-11-17(13-23(22)30-2)25-27-19(16-32-25)15-24(28)26-18-7-6-10-21(14-18)31-20-8-4-3-5-9-20/h3-14,16H,15H2,1-2H3,(H,26,28). The highest BCUT2D eigenvalue weighted by Crippen LogP contribution is 2.33.